The van der Waals surface area contributed by atoms with Gasteiger partial charge in [0.1, 0.15) is 5.60 Å². The van der Waals surface area contributed by atoms with Crippen molar-refractivity contribution in [3.63, 3.8) is 0 Å². The standard InChI is InChI=1S/C12H20N2O4/c1-11(2,3)18-10(17)14-7-12(8-14)4-5-13(6-12)9(15)16/h4-8H2,1-3H3,(H,15,16). The summed E-state index contributed by atoms with van der Waals surface area (Å²) in [4.78, 5) is 25.7. The molecule has 0 aliphatic carbocycles. The lowest BCUT2D eigenvalue weighted by Gasteiger charge is -2.47. The third-order valence-corrected chi connectivity index (χ3v) is 3.41. The van der Waals surface area contributed by atoms with E-state index in [0.717, 1.165) is 6.42 Å². The predicted molar refractivity (Wildman–Crippen MR) is 64.5 cm³/mol. The molecule has 0 radical (unpaired) electrons. The number of ether oxygens (including phenoxy) is 1. The molecule has 0 unspecified atom stereocenters. The summed E-state index contributed by atoms with van der Waals surface area (Å²) in [5.41, 5.74) is -0.516. The largest absolute Gasteiger partial charge is 0.465 e. The Bertz CT molecular complexity index is 369. The smallest absolute Gasteiger partial charge is 0.410 e. The Morgan fingerprint density at radius 3 is 2.17 bits per heavy atom. The molecule has 2 aliphatic heterocycles. The van der Waals surface area contributed by atoms with Gasteiger partial charge in [-0.1, -0.05) is 0 Å². The molecule has 6 nitrogen and oxygen atoms in total. The van der Waals surface area contributed by atoms with E-state index < -0.39 is 11.7 Å². The summed E-state index contributed by atoms with van der Waals surface area (Å²) in [5, 5.41) is 8.91. The highest BCUT2D eigenvalue weighted by atomic mass is 16.6. The van der Waals surface area contributed by atoms with Crippen molar-refractivity contribution in [3.05, 3.63) is 0 Å². The van der Waals surface area contributed by atoms with Crippen LogP contribution in [0.3, 0.4) is 0 Å². The van der Waals surface area contributed by atoms with Gasteiger partial charge in [0.25, 0.3) is 0 Å². The van der Waals surface area contributed by atoms with E-state index in [-0.39, 0.29) is 11.5 Å². The fourth-order valence-corrected chi connectivity index (χ4v) is 2.58. The molecule has 0 saturated carbocycles. The van der Waals surface area contributed by atoms with Gasteiger partial charge in [-0.2, -0.15) is 0 Å². The molecule has 0 atom stereocenters. The Labute approximate surface area is 106 Å². The SMILES string of the molecule is CC(C)(C)OC(=O)N1CC2(CCN(C(=O)O)C2)C1. The highest BCUT2D eigenvalue weighted by Crippen LogP contribution is 2.40. The van der Waals surface area contributed by atoms with Crippen molar-refractivity contribution in [2.24, 2.45) is 5.41 Å². The zero-order valence-corrected chi connectivity index (χ0v) is 11.1. The number of rotatable bonds is 0. The normalized spacial score (nSPS) is 21.9. The van der Waals surface area contributed by atoms with Crippen LogP contribution in [0.15, 0.2) is 0 Å². The summed E-state index contributed by atoms with van der Waals surface area (Å²) in [6, 6.07) is 0. The van der Waals surface area contributed by atoms with Gasteiger partial charge in [0.2, 0.25) is 0 Å². The fraction of sp³-hybridized carbons (Fsp3) is 0.833. The van der Waals surface area contributed by atoms with Gasteiger partial charge in [-0.25, -0.2) is 9.59 Å². The quantitative estimate of drug-likeness (QED) is 0.714. The molecule has 2 aliphatic rings. The fourth-order valence-electron chi connectivity index (χ4n) is 2.58. The van der Waals surface area contributed by atoms with Crippen LogP contribution in [0.5, 0.6) is 0 Å². The van der Waals surface area contributed by atoms with Crippen molar-refractivity contribution in [2.45, 2.75) is 32.8 Å². The molecule has 6 heteroatoms. The third-order valence-electron chi connectivity index (χ3n) is 3.41. The lowest BCUT2D eigenvalue weighted by atomic mass is 9.79. The summed E-state index contributed by atoms with van der Waals surface area (Å²) < 4.78 is 5.28. The molecule has 102 valence electrons. The van der Waals surface area contributed by atoms with Crippen molar-refractivity contribution < 1.29 is 19.4 Å². The molecule has 2 amide bonds. The van der Waals surface area contributed by atoms with Gasteiger partial charge in [-0.15, -0.1) is 0 Å². The van der Waals surface area contributed by atoms with Crippen LogP contribution in [-0.4, -0.2) is 58.9 Å². The van der Waals surface area contributed by atoms with E-state index in [4.69, 9.17) is 9.84 Å². The molecule has 18 heavy (non-hydrogen) atoms. The molecule has 1 spiro atoms. The van der Waals surface area contributed by atoms with Gasteiger partial charge < -0.3 is 19.6 Å². The van der Waals surface area contributed by atoms with Gasteiger partial charge in [-0.05, 0) is 27.2 Å². The highest BCUT2D eigenvalue weighted by molar-refractivity contribution is 5.70. The number of carbonyl (C=O) groups is 2. The molecule has 2 rings (SSSR count). The second-order valence-corrected chi connectivity index (χ2v) is 6.29. The molecular formula is C12H20N2O4. The second kappa shape index (κ2) is 4.03. The van der Waals surface area contributed by atoms with E-state index >= 15 is 0 Å². The average molecular weight is 256 g/mol. The molecule has 0 bridgehead atoms. The molecular weight excluding hydrogens is 236 g/mol. The third kappa shape index (κ3) is 2.52. The lowest BCUT2D eigenvalue weighted by Crippen LogP contribution is -2.60. The minimum Gasteiger partial charge on any atom is -0.465 e. The topological polar surface area (TPSA) is 70.1 Å². The van der Waals surface area contributed by atoms with Crippen LogP contribution in [0.2, 0.25) is 0 Å². The molecule has 2 fully saturated rings. The Hall–Kier alpha value is -1.46. The van der Waals surface area contributed by atoms with Crippen LogP contribution in [-0.2, 0) is 4.74 Å². The maximum Gasteiger partial charge on any atom is 0.410 e. The van der Waals surface area contributed by atoms with E-state index in [1.54, 1.807) is 4.90 Å². The van der Waals surface area contributed by atoms with Crippen LogP contribution in [0, 0.1) is 5.41 Å². The van der Waals surface area contributed by atoms with E-state index in [1.807, 2.05) is 20.8 Å². The summed E-state index contributed by atoms with van der Waals surface area (Å²) >= 11 is 0. The predicted octanol–water partition coefficient (Wildman–Crippen LogP) is 1.61. The molecule has 2 heterocycles. The van der Waals surface area contributed by atoms with Crippen molar-refractivity contribution in [1.82, 2.24) is 9.80 Å². The van der Waals surface area contributed by atoms with Crippen LogP contribution in [0.4, 0.5) is 9.59 Å². The zero-order chi connectivity index (χ0) is 13.6. The number of hydrogen-bond acceptors (Lipinski definition) is 3. The van der Waals surface area contributed by atoms with Gasteiger partial charge in [0.05, 0.1) is 0 Å². The van der Waals surface area contributed by atoms with Crippen LogP contribution in [0.25, 0.3) is 0 Å². The van der Waals surface area contributed by atoms with Crippen LogP contribution >= 0.6 is 0 Å². The molecule has 0 aromatic rings. The first-order chi connectivity index (χ1) is 8.21. The van der Waals surface area contributed by atoms with E-state index in [9.17, 15) is 9.59 Å². The summed E-state index contributed by atoms with van der Waals surface area (Å²) in [6.45, 7) is 7.81. The number of hydrogen-bond donors (Lipinski definition) is 1. The lowest BCUT2D eigenvalue weighted by molar-refractivity contribution is -0.0298. The summed E-state index contributed by atoms with van der Waals surface area (Å²) in [5.74, 6) is 0. The first-order valence-electron chi connectivity index (χ1n) is 6.17. The average Bonchev–Trinajstić information content (AvgIpc) is 2.56. The Balaban J connectivity index is 1.84. The Kier molecular flexibility index (Phi) is 2.91. The van der Waals surface area contributed by atoms with E-state index in [2.05, 4.69) is 0 Å². The van der Waals surface area contributed by atoms with Gasteiger partial charge >= 0.3 is 12.2 Å². The highest BCUT2D eigenvalue weighted by Gasteiger charge is 2.51. The Morgan fingerprint density at radius 2 is 1.72 bits per heavy atom. The summed E-state index contributed by atoms with van der Waals surface area (Å²) in [7, 11) is 0. The summed E-state index contributed by atoms with van der Waals surface area (Å²) in [6.07, 6.45) is -0.344. The Morgan fingerprint density at radius 1 is 1.17 bits per heavy atom. The number of amides is 2. The van der Waals surface area contributed by atoms with Crippen molar-refractivity contribution in [3.8, 4) is 0 Å². The zero-order valence-electron chi connectivity index (χ0n) is 11.1. The number of carboxylic acid groups (broad SMARTS) is 1. The monoisotopic (exact) mass is 256 g/mol. The second-order valence-electron chi connectivity index (χ2n) is 6.29. The first kappa shape index (κ1) is 13.0. The van der Waals surface area contributed by atoms with Crippen molar-refractivity contribution >= 4 is 12.2 Å². The minimum atomic E-state index is -0.873. The molecule has 0 aromatic heterocycles. The minimum absolute atomic E-state index is 0.0324. The maximum atomic E-state index is 11.8. The van der Waals surface area contributed by atoms with Crippen molar-refractivity contribution in [1.29, 1.82) is 0 Å². The number of likely N-dealkylation sites (tertiary alicyclic amines) is 2. The van der Waals surface area contributed by atoms with E-state index in [0.29, 0.717) is 26.2 Å². The van der Waals surface area contributed by atoms with Crippen molar-refractivity contribution in [2.75, 3.05) is 26.2 Å². The number of carbonyl (C=O) groups excluding carboxylic acids is 1. The van der Waals surface area contributed by atoms with Crippen LogP contribution < -0.4 is 0 Å². The van der Waals surface area contributed by atoms with Gasteiger partial charge in [-0.3, -0.25) is 0 Å². The molecule has 2 saturated heterocycles. The van der Waals surface area contributed by atoms with Gasteiger partial charge in [0.15, 0.2) is 0 Å². The first-order valence-corrected chi connectivity index (χ1v) is 6.17. The van der Waals surface area contributed by atoms with Gasteiger partial charge in [0, 0.05) is 31.6 Å². The maximum absolute atomic E-state index is 11.8. The van der Waals surface area contributed by atoms with Crippen LogP contribution in [0.1, 0.15) is 27.2 Å². The van der Waals surface area contributed by atoms with E-state index in [1.165, 1.54) is 4.90 Å². The molecule has 1 N–H and O–H groups in total. The number of nitrogens with zero attached hydrogens (tertiary/aromatic N) is 2. The molecule has 0 aromatic carbocycles.